The normalized spacial score (nSPS) is 10.5. The summed E-state index contributed by atoms with van der Waals surface area (Å²) in [6.45, 7) is 4.70. The first-order valence-electron chi connectivity index (χ1n) is 10.2. The van der Waals surface area contributed by atoms with Crippen molar-refractivity contribution in [3.05, 3.63) is 107 Å². The molecule has 0 unspecified atom stereocenters. The molecule has 2 N–H and O–H groups in total. The van der Waals surface area contributed by atoms with Crippen molar-refractivity contribution >= 4 is 17.5 Å². The predicted molar refractivity (Wildman–Crippen MR) is 125 cm³/mol. The van der Waals surface area contributed by atoms with Crippen molar-refractivity contribution in [2.45, 2.75) is 20.4 Å². The molecular weight excluding hydrogens is 384 g/mol. The van der Waals surface area contributed by atoms with Crippen LogP contribution in [0.15, 0.2) is 85.2 Å². The molecule has 0 bridgehead atoms. The molecule has 0 aliphatic rings. The van der Waals surface area contributed by atoms with E-state index in [1.54, 1.807) is 12.4 Å². The third-order valence-electron chi connectivity index (χ3n) is 4.91. The van der Waals surface area contributed by atoms with Crippen molar-refractivity contribution < 1.29 is 4.79 Å². The molecule has 0 radical (unpaired) electrons. The molecule has 0 aliphatic carbocycles. The lowest BCUT2D eigenvalue weighted by Crippen LogP contribution is -2.12. The largest absolute Gasteiger partial charge is 0.350 e. The fourth-order valence-electron chi connectivity index (χ4n) is 3.41. The minimum atomic E-state index is -0.131. The molecule has 154 valence electrons. The molecule has 4 rings (SSSR count). The first kappa shape index (κ1) is 20.3. The highest BCUT2D eigenvalue weighted by atomic mass is 16.1. The van der Waals surface area contributed by atoms with Crippen LogP contribution in [0.25, 0.3) is 11.1 Å². The number of amides is 1. The second kappa shape index (κ2) is 9.22. The number of hydrogen-bond acceptors (Lipinski definition) is 4. The Kier molecular flexibility index (Phi) is 6.03. The molecule has 1 heterocycles. The minimum Gasteiger partial charge on any atom is -0.350 e. The van der Waals surface area contributed by atoms with E-state index in [4.69, 9.17) is 0 Å². The van der Waals surface area contributed by atoms with Gasteiger partial charge in [-0.1, -0.05) is 48.5 Å². The van der Waals surface area contributed by atoms with Crippen LogP contribution in [0, 0.1) is 13.8 Å². The van der Waals surface area contributed by atoms with E-state index in [1.165, 1.54) is 5.56 Å². The summed E-state index contributed by atoms with van der Waals surface area (Å²) >= 11 is 0. The summed E-state index contributed by atoms with van der Waals surface area (Å²) in [6, 6.07) is 23.6. The molecule has 0 spiro atoms. The molecule has 1 aromatic heterocycles. The van der Waals surface area contributed by atoms with Crippen LogP contribution in [0.2, 0.25) is 0 Å². The Morgan fingerprint density at radius 1 is 0.806 bits per heavy atom. The van der Waals surface area contributed by atoms with Gasteiger partial charge in [0.25, 0.3) is 5.91 Å². The summed E-state index contributed by atoms with van der Waals surface area (Å²) in [6.07, 6.45) is 3.57. The second-order valence-corrected chi connectivity index (χ2v) is 7.54. The van der Waals surface area contributed by atoms with Crippen molar-refractivity contribution in [1.29, 1.82) is 0 Å². The first-order valence-corrected chi connectivity index (χ1v) is 10.2. The van der Waals surface area contributed by atoms with Crippen LogP contribution in [-0.4, -0.2) is 15.9 Å². The van der Waals surface area contributed by atoms with Gasteiger partial charge in [-0.05, 0) is 60.4 Å². The maximum Gasteiger partial charge on any atom is 0.255 e. The Hall–Kier alpha value is -3.99. The lowest BCUT2D eigenvalue weighted by molar-refractivity contribution is 0.102. The standard InChI is InChI=1S/C26H24N4O/c1-18-12-19(2)14-24(13-18)30-25(31)22-10-8-21(9-11-22)23-16-28-26(29-17-23)27-15-20-6-4-3-5-7-20/h3-14,16-17H,15H2,1-2H3,(H,30,31)(H,27,28,29). The number of aromatic nitrogens is 2. The van der Waals surface area contributed by atoms with Gasteiger partial charge in [0.05, 0.1) is 0 Å². The molecule has 0 aliphatic heterocycles. The molecule has 0 saturated carbocycles. The van der Waals surface area contributed by atoms with E-state index in [1.807, 2.05) is 68.4 Å². The van der Waals surface area contributed by atoms with Gasteiger partial charge >= 0.3 is 0 Å². The maximum atomic E-state index is 12.6. The van der Waals surface area contributed by atoms with Crippen LogP contribution in [0.3, 0.4) is 0 Å². The van der Waals surface area contributed by atoms with Gasteiger partial charge in [-0.25, -0.2) is 9.97 Å². The number of benzene rings is 3. The fourth-order valence-corrected chi connectivity index (χ4v) is 3.41. The average molecular weight is 409 g/mol. The monoisotopic (exact) mass is 408 g/mol. The molecule has 4 aromatic rings. The quantitative estimate of drug-likeness (QED) is 0.434. The third kappa shape index (κ3) is 5.34. The number of anilines is 2. The number of nitrogens with zero attached hydrogens (tertiary/aromatic N) is 2. The summed E-state index contributed by atoms with van der Waals surface area (Å²) in [5.41, 5.74) is 6.66. The lowest BCUT2D eigenvalue weighted by atomic mass is 10.1. The first-order chi connectivity index (χ1) is 15.1. The summed E-state index contributed by atoms with van der Waals surface area (Å²) in [4.78, 5) is 21.4. The SMILES string of the molecule is Cc1cc(C)cc(NC(=O)c2ccc(-c3cnc(NCc4ccccc4)nc3)cc2)c1. The van der Waals surface area contributed by atoms with Crippen molar-refractivity contribution in [1.82, 2.24) is 9.97 Å². The second-order valence-electron chi connectivity index (χ2n) is 7.54. The number of carbonyl (C=O) groups excluding carboxylic acids is 1. The van der Waals surface area contributed by atoms with Crippen LogP contribution in [0.4, 0.5) is 11.6 Å². The van der Waals surface area contributed by atoms with Crippen LogP contribution in [0.5, 0.6) is 0 Å². The highest BCUT2D eigenvalue weighted by molar-refractivity contribution is 6.04. The molecule has 31 heavy (non-hydrogen) atoms. The summed E-state index contributed by atoms with van der Waals surface area (Å²) in [7, 11) is 0. The van der Waals surface area contributed by atoms with Gasteiger partial charge in [-0.15, -0.1) is 0 Å². The summed E-state index contributed by atoms with van der Waals surface area (Å²) in [5.74, 6) is 0.449. The van der Waals surface area contributed by atoms with Gasteiger partial charge in [0, 0.05) is 35.8 Å². The van der Waals surface area contributed by atoms with Gasteiger partial charge in [0.1, 0.15) is 0 Å². The van der Waals surface area contributed by atoms with E-state index in [2.05, 4.69) is 38.8 Å². The summed E-state index contributed by atoms with van der Waals surface area (Å²) < 4.78 is 0. The van der Waals surface area contributed by atoms with Crippen LogP contribution in [-0.2, 0) is 6.54 Å². The molecule has 1 amide bonds. The van der Waals surface area contributed by atoms with Crippen molar-refractivity contribution in [3.63, 3.8) is 0 Å². The van der Waals surface area contributed by atoms with Gasteiger partial charge in [0.15, 0.2) is 0 Å². The van der Waals surface area contributed by atoms with Gasteiger partial charge in [-0.2, -0.15) is 0 Å². The Morgan fingerprint density at radius 2 is 1.45 bits per heavy atom. The number of hydrogen-bond donors (Lipinski definition) is 2. The van der Waals surface area contributed by atoms with Gasteiger partial charge < -0.3 is 10.6 Å². The zero-order valence-electron chi connectivity index (χ0n) is 17.6. The third-order valence-corrected chi connectivity index (χ3v) is 4.91. The van der Waals surface area contributed by atoms with E-state index in [9.17, 15) is 4.79 Å². The predicted octanol–water partition coefficient (Wildman–Crippen LogP) is 5.62. The molecule has 0 saturated heterocycles. The van der Waals surface area contributed by atoms with Crippen LogP contribution in [0.1, 0.15) is 27.0 Å². The highest BCUT2D eigenvalue weighted by Crippen LogP contribution is 2.20. The van der Waals surface area contributed by atoms with Crippen molar-refractivity contribution in [2.24, 2.45) is 0 Å². The Labute approximate surface area is 182 Å². The lowest BCUT2D eigenvalue weighted by Gasteiger charge is -2.09. The van der Waals surface area contributed by atoms with Crippen LogP contribution >= 0.6 is 0 Å². The van der Waals surface area contributed by atoms with E-state index >= 15 is 0 Å². The molecule has 5 heteroatoms. The number of carbonyl (C=O) groups is 1. The van der Waals surface area contributed by atoms with Gasteiger partial charge in [0.2, 0.25) is 5.95 Å². The van der Waals surface area contributed by atoms with E-state index in [-0.39, 0.29) is 5.91 Å². The number of rotatable bonds is 6. The van der Waals surface area contributed by atoms with Crippen LogP contribution < -0.4 is 10.6 Å². The number of nitrogens with one attached hydrogen (secondary N) is 2. The molecule has 0 fully saturated rings. The topological polar surface area (TPSA) is 66.9 Å². The smallest absolute Gasteiger partial charge is 0.255 e. The number of aryl methyl sites for hydroxylation is 2. The van der Waals surface area contributed by atoms with E-state index < -0.39 is 0 Å². The average Bonchev–Trinajstić information content (AvgIpc) is 2.78. The Morgan fingerprint density at radius 3 is 2.10 bits per heavy atom. The Bertz CT molecular complexity index is 1150. The van der Waals surface area contributed by atoms with Gasteiger partial charge in [-0.3, -0.25) is 4.79 Å². The zero-order valence-corrected chi connectivity index (χ0v) is 17.6. The van der Waals surface area contributed by atoms with E-state index in [0.29, 0.717) is 18.1 Å². The highest BCUT2D eigenvalue weighted by Gasteiger charge is 2.08. The zero-order chi connectivity index (χ0) is 21.6. The Balaban J connectivity index is 1.39. The minimum absolute atomic E-state index is 0.131. The van der Waals surface area contributed by atoms with E-state index in [0.717, 1.165) is 27.9 Å². The molecular formula is C26H24N4O. The van der Waals surface area contributed by atoms with Crippen molar-refractivity contribution in [2.75, 3.05) is 10.6 Å². The van der Waals surface area contributed by atoms with Crippen molar-refractivity contribution in [3.8, 4) is 11.1 Å². The fraction of sp³-hybridized carbons (Fsp3) is 0.115. The molecule has 5 nitrogen and oxygen atoms in total. The molecule has 3 aromatic carbocycles. The maximum absolute atomic E-state index is 12.6. The molecule has 0 atom stereocenters. The summed E-state index contributed by atoms with van der Waals surface area (Å²) in [5, 5.41) is 6.18.